The molecule has 0 aliphatic carbocycles. The van der Waals surface area contributed by atoms with Crippen LogP contribution in [-0.4, -0.2) is 32.4 Å². The molecule has 4 nitrogen and oxygen atoms in total. The molecule has 0 radical (unpaired) electrons. The third-order valence-corrected chi connectivity index (χ3v) is 6.95. The van der Waals surface area contributed by atoms with E-state index < -0.39 is 10.0 Å². The van der Waals surface area contributed by atoms with E-state index in [9.17, 15) is 8.42 Å². The van der Waals surface area contributed by atoms with Gasteiger partial charge in [-0.2, -0.15) is 4.31 Å². The Morgan fingerprint density at radius 1 is 1.58 bits per heavy atom. The van der Waals surface area contributed by atoms with E-state index in [1.807, 2.05) is 6.92 Å². The molecule has 0 spiro atoms. The van der Waals surface area contributed by atoms with Gasteiger partial charge in [-0.15, -0.1) is 23.7 Å². The van der Waals surface area contributed by atoms with Gasteiger partial charge in [0.1, 0.15) is 0 Å². The SMILES string of the molecule is Cc1sc(Br)cc1S(=O)(=O)N1CCCC(CN)C1.Cl. The quantitative estimate of drug-likeness (QED) is 0.864. The maximum atomic E-state index is 12.6. The van der Waals surface area contributed by atoms with Gasteiger partial charge in [0.15, 0.2) is 0 Å². The second-order valence-electron chi connectivity index (χ2n) is 4.58. The summed E-state index contributed by atoms with van der Waals surface area (Å²) in [5.74, 6) is 0.288. The summed E-state index contributed by atoms with van der Waals surface area (Å²) in [6.07, 6.45) is 1.92. The molecule has 0 aromatic carbocycles. The van der Waals surface area contributed by atoms with Gasteiger partial charge in [0.25, 0.3) is 0 Å². The minimum Gasteiger partial charge on any atom is -0.330 e. The smallest absolute Gasteiger partial charge is 0.244 e. The molecule has 1 atom stereocenters. The molecule has 8 heteroatoms. The molecule has 110 valence electrons. The second kappa shape index (κ2) is 6.87. The lowest BCUT2D eigenvalue weighted by molar-refractivity contribution is 0.271. The fraction of sp³-hybridized carbons (Fsp3) is 0.636. The van der Waals surface area contributed by atoms with Crippen molar-refractivity contribution in [2.24, 2.45) is 11.7 Å². The van der Waals surface area contributed by atoms with Gasteiger partial charge in [0.05, 0.1) is 8.68 Å². The summed E-state index contributed by atoms with van der Waals surface area (Å²) in [7, 11) is -3.36. The van der Waals surface area contributed by atoms with Crippen LogP contribution in [0.4, 0.5) is 0 Å². The largest absolute Gasteiger partial charge is 0.330 e. The first-order chi connectivity index (χ1) is 8.45. The summed E-state index contributed by atoms with van der Waals surface area (Å²) in [6.45, 7) is 3.54. The lowest BCUT2D eigenvalue weighted by Crippen LogP contribution is -2.42. The third-order valence-electron chi connectivity index (χ3n) is 3.28. The standard InChI is InChI=1S/C11H17BrN2O2S2.ClH/c1-8-10(5-11(12)17-8)18(15,16)14-4-2-3-9(6-13)7-14;/h5,9H,2-4,6-7,13H2,1H3;1H. The Labute approximate surface area is 133 Å². The van der Waals surface area contributed by atoms with Crippen molar-refractivity contribution in [1.29, 1.82) is 0 Å². The minimum absolute atomic E-state index is 0. The van der Waals surface area contributed by atoms with E-state index in [1.54, 1.807) is 10.4 Å². The zero-order chi connectivity index (χ0) is 13.3. The summed E-state index contributed by atoms with van der Waals surface area (Å²) in [5.41, 5.74) is 5.65. The van der Waals surface area contributed by atoms with Crippen LogP contribution in [0.25, 0.3) is 0 Å². The van der Waals surface area contributed by atoms with Crippen molar-refractivity contribution in [2.45, 2.75) is 24.7 Å². The van der Waals surface area contributed by atoms with E-state index in [0.29, 0.717) is 24.5 Å². The van der Waals surface area contributed by atoms with Gasteiger partial charge in [-0.1, -0.05) is 0 Å². The Balaban J connectivity index is 0.00000180. The molecule has 2 heterocycles. The van der Waals surface area contributed by atoms with Crippen molar-refractivity contribution in [3.05, 3.63) is 14.7 Å². The van der Waals surface area contributed by atoms with Crippen LogP contribution >= 0.6 is 39.7 Å². The molecule has 19 heavy (non-hydrogen) atoms. The molecule has 1 saturated heterocycles. The van der Waals surface area contributed by atoms with Gasteiger partial charge in [0, 0.05) is 18.0 Å². The second-order valence-corrected chi connectivity index (χ2v) is 9.12. The first-order valence-corrected chi connectivity index (χ1v) is 8.96. The summed E-state index contributed by atoms with van der Waals surface area (Å²) >= 11 is 4.79. The first kappa shape index (κ1) is 17.4. The summed E-state index contributed by atoms with van der Waals surface area (Å²) in [5, 5.41) is 0. The van der Waals surface area contributed by atoms with Gasteiger partial charge < -0.3 is 5.73 Å². The van der Waals surface area contributed by atoms with Crippen LogP contribution in [0.5, 0.6) is 0 Å². The lowest BCUT2D eigenvalue weighted by atomic mass is 10.0. The van der Waals surface area contributed by atoms with Crippen LogP contribution in [0.1, 0.15) is 17.7 Å². The van der Waals surface area contributed by atoms with Gasteiger partial charge in [0.2, 0.25) is 10.0 Å². The molecule has 1 aliphatic rings. The Hall–Kier alpha value is 0.340. The van der Waals surface area contributed by atoms with Crippen LogP contribution in [0.3, 0.4) is 0 Å². The number of thiophene rings is 1. The van der Waals surface area contributed by atoms with Gasteiger partial charge in [-0.25, -0.2) is 8.42 Å². The summed E-state index contributed by atoms with van der Waals surface area (Å²) in [6, 6.07) is 1.70. The van der Waals surface area contributed by atoms with E-state index in [2.05, 4.69) is 15.9 Å². The van der Waals surface area contributed by atoms with Crippen molar-refractivity contribution in [1.82, 2.24) is 4.31 Å². The van der Waals surface area contributed by atoms with E-state index in [-0.39, 0.29) is 18.3 Å². The number of sulfonamides is 1. The lowest BCUT2D eigenvalue weighted by Gasteiger charge is -2.31. The zero-order valence-corrected chi connectivity index (χ0v) is 14.7. The Morgan fingerprint density at radius 2 is 2.26 bits per heavy atom. The highest BCUT2D eigenvalue weighted by Crippen LogP contribution is 2.32. The Bertz CT molecular complexity index is 533. The van der Waals surface area contributed by atoms with Crippen LogP contribution in [0.2, 0.25) is 0 Å². The van der Waals surface area contributed by atoms with Crippen LogP contribution in [0.15, 0.2) is 14.7 Å². The van der Waals surface area contributed by atoms with Crippen molar-refractivity contribution in [3.63, 3.8) is 0 Å². The van der Waals surface area contributed by atoms with Gasteiger partial charge in [-0.3, -0.25) is 0 Å². The number of hydrogen-bond acceptors (Lipinski definition) is 4. The normalized spacial score (nSPS) is 21.1. The number of hydrogen-bond donors (Lipinski definition) is 1. The topological polar surface area (TPSA) is 63.4 Å². The monoisotopic (exact) mass is 388 g/mol. The number of nitrogens with two attached hydrogens (primary N) is 1. The van der Waals surface area contributed by atoms with Crippen molar-refractivity contribution in [2.75, 3.05) is 19.6 Å². The third kappa shape index (κ3) is 3.71. The number of piperidine rings is 1. The van der Waals surface area contributed by atoms with Crippen LogP contribution in [0, 0.1) is 12.8 Å². The molecule has 0 saturated carbocycles. The van der Waals surface area contributed by atoms with Crippen LogP contribution in [-0.2, 0) is 10.0 Å². The molecule has 1 aromatic heterocycles. The van der Waals surface area contributed by atoms with E-state index >= 15 is 0 Å². The molecule has 1 aromatic rings. The fourth-order valence-corrected chi connectivity index (χ4v) is 6.20. The fourth-order valence-electron chi connectivity index (χ4n) is 2.26. The van der Waals surface area contributed by atoms with E-state index in [4.69, 9.17) is 5.73 Å². The summed E-state index contributed by atoms with van der Waals surface area (Å²) < 4.78 is 27.5. The van der Waals surface area contributed by atoms with Gasteiger partial charge >= 0.3 is 0 Å². The highest BCUT2D eigenvalue weighted by Gasteiger charge is 2.31. The number of rotatable bonds is 3. The van der Waals surface area contributed by atoms with E-state index in [1.165, 1.54) is 11.3 Å². The zero-order valence-electron chi connectivity index (χ0n) is 10.6. The predicted molar refractivity (Wildman–Crippen MR) is 84.5 cm³/mol. The Morgan fingerprint density at radius 3 is 2.79 bits per heavy atom. The van der Waals surface area contributed by atoms with Crippen LogP contribution < -0.4 is 5.73 Å². The van der Waals surface area contributed by atoms with Gasteiger partial charge in [-0.05, 0) is 54.2 Å². The molecular weight excluding hydrogens is 372 g/mol. The number of nitrogens with zero attached hydrogens (tertiary/aromatic N) is 1. The molecule has 1 fully saturated rings. The molecule has 0 bridgehead atoms. The highest BCUT2D eigenvalue weighted by atomic mass is 79.9. The molecule has 2 rings (SSSR count). The summed E-state index contributed by atoms with van der Waals surface area (Å²) in [4.78, 5) is 1.26. The molecular formula is C11H18BrClN2O2S2. The van der Waals surface area contributed by atoms with Crippen molar-refractivity contribution < 1.29 is 8.42 Å². The minimum atomic E-state index is -3.36. The molecule has 2 N–H and O–H groups in total. The predicted octanol–water partition coefficient (Wildman–Crippen LogP) is 2.60. The average molecular weight is 390 g/mol. The molecule has 1 aliphatic heterocycles. The molecule has 1 unspecified atom stereocenters. The number of halogens is 2. The Kier molecular flexibility index (Phi) is 6.28. The van der Waals surface area contributed by atoms with E-state index in [0.717, 1.165) is 21.5 Å². The first-order valence-electron chi connectivity index (χ1n) is 5.91. The van der Waals surface area contributed by atoms with Crippen molar-refractivity contribution >= 4 is 49.7 Å². The maximum Gasteiger partial charge on any atom is 0.244 e. The maximum absolute atomic E-state index is 12.6. The highest BCUT2D eigenvalue weighted by molar-refractivity contribution is 9.11. The average Bonchev–Trinajstić information content (AvgIpc) is 2.69. The number of aryl methyl sites for hydroxylation is 1. The van der Waals surface area contributed by atoms with Crippen molar-refractivity contribution in [3.8, 4) is 0 Å². The molecule has 0 amide bonds.